The lowest BCUT2D eigenvalue weighted by Crippen LogP contribution is -2.33. The van der Waals surface area contributed by atoms with Crippen molar-refractivity contribution in [2.75, 3.05) is 6.61 Å². The molecule has 0 atom stereocenters. The molecule has 4 nitrogen and oxygen atoms in total. The molecule has 0 amide bonds. The lowest BCUT2D eigenvalue weighted by molar-refractivity contribution is -0.149. The molecule has 0 aliphatic heterocycles. The maximum Gasteiger partial charge on any atom is 0.319 e. The Morgan fingerprint density at radius 1 is 1.47 bits per heavy atom. The Hall–Kier alpha value is -0.970. The SMILES string of the molecule is CCOC(=O)C(C)(C)c1ncc(Br)cn1. The molecule has 0 aromatic carbocycles. The van der Waals surface area contributed by atoms with Gasteiger partial charge in [0.1, 0.15) is 11.2 Å². The molecule has 0 spiro atoms. The summed E-state index contributed by atoms with van der Waals surface area (Å²) in [5.74, 6) is 0.150. The van der Waals surface area contributed by atoms with Gasteiger partial charge in [-0.1, -0.05) is 0 Å². The van der Waals surface area contributed by atoms with Crippen LogP contribution in [0.4, 0.5) is 0 Å². The lowest BCUT2D eigenvalue weighted by Gasteiger charge is -2.20. The number of hydrogen-bond acceptors (Lipinski definition) is 4. The molecule has 1 heterocycles. The molecule has 0 aliphatic rings. The molecule has 0 saturated carbocycles. The highest BCUT2D eigenvalue weighted by molar-refractivity contribution is 9.10. The van der Waals surface area contributed by atoms with Crippen LogP contribution in [0.3, 0.4) is 0 Å². The predicted molar refractivity (Wildman–Crippen MR) is 59.4 cm³/mol. The number of nitrogens with zero attached hydrogens (tertiary/aromatic N) is 2. The second-order valence-corrected chi connectivity index (χ2v) is 4.49. The molecule has 1 rings (SSSR count). The van der Waals surface area contributed by atoms with Crippen molar-refractivity contribution in [3.63, 3.8) is 0 Å². The largest absolute Gasteiger partial charge is 0.465 e. The normalized spacial score (nSPS) is 11.2. The summed E-state index contributed by atoms with van der Waals surface area (Å²) in [5.41, 5.74) is -0.809. The first-order chi connectivity index (χ1) is 6.98. The van der Waals surface area contributed by atoms with Crippen LogP contribution in [-0.4, -0.2) is 22.5 Å². The van der Waals surface area contributed by atoms with Gasteiger partial charge in [0, 0.05) is 12.4 Å². The first kappa shape index (κ1) is 12.1. The molecule has 0 radical (unpaired) electrons. The van der Waals surface area contributed by atoms with Crippen LogP contribution < -0.4 is 0 Å². The minimum atomic E-state index is -0.809. The fourth-order valence-corrected chi connectivity index (χ4v) is 1.24. The number of ether oxygens (including phenoxy) is 1. The summed E-state index contributed by atoms with van der Waals surface area (Å²) in [6.07, 6.45) is 3.23. The van der Waals surface area contributed by atoms with Crippen molar-refractivity contribution in [1.29, 1.82) is 0 Å². The van der Waals surface area contributed by atoms with Crippen molar-refractivity contribution in [3.05, 3.63) is 22.7 Å². The van der Waals surface area contributed by atoms with E-state index < -0.39 is 5.41 Å². The second-order valence-electron chi connectivity index (χ2n) is 3.57. The van der Waals surface area contributed by atoms with Gasteiger partial charge in [0.25, 0.3) is 0 Å². The van der Waals surface area contributed by atoms with Crippen molar-refractivity contribution < 1.29 is 9.53 Å². The van der Waals surface area contributed by atoms with E-state index in [-0.39, 0.29) is 5.97 Å². The van der Waals surface area contributed by atoms with Crippen LogP contribution in [-0.2, 0) is 14.9 Å². The van der Waals surface area contributed by atoms with Crippen LogP contribution in [0.25, 0.3) is 0 Å². The zero-order valence-electron chi connectivity index (χ0n) is 8.95. The van der Waals surface area contributed by atoms with Gasteiger partial charge in [0.05, 0.1) is 11.1 Å². The molecule has 82 valence electrons. The van der Waals surface area contributed by atoms with E-state index in [1.54, 1.807) is 33.2 Å². The highest BCUT2D eigenvalue weighted by atomic mass is 79.9. The maximum atomic E-state index is 11.6. The summed E-state index contributed by atoms with van der Waals surface area (Å²) in [7, 11) is 0. The standard InChI is InChI=1S/C10H13BrN2O2/c1-4-15-9(14)10(2,3)8-12-5-7(11)6-13-8/h5-6H,4H2,1-3H3. The van der Waals surface area contributed by atoms with Gasteiger partial charge < -0.3 is 4.74 Å². The minimum absolute atomic E-state index is 0.313. The third-order valence-corrected chi connectivity index (χ3v) is 2.37. The molecule has 0 saturated heterocycles. The predicted octanol–water partition coefficient (Wildman–Crippen LogP) is 2.08. The monoisotopic (exact) mass is 272 g/mol. The lowest BCUT2D eigenvalue weighted by atomic mass is 9.92. The second kappa shape index (κ2) is 4.70. The van der Waals surface area contributed by atoms with E-state index in [4.69, 9.17) is 4.74 Å². The average Bonchev–Trinajstić information content (AvgIpc) is 2.18. The zero-order valence-corrected chi connectivity index (χ0v) is 10.5. The molecular formula is C10H13BrN2O2. The number of rotatable bonds is 3. The number of halogens is 1. The quantitative estimate of drug-likeness (QED) is 0.791. The molecule has 0 fully saturated rings. The number of carbonyl (C=O) groups is 1. The summed E-state index contributed by atoms with van der Waals surface area (Å²) in [6, 6.07) is 0. The fourth-order valence-electron chi connectivity index (χ4n) is 1.04. The smallest absolute Gasteiger partial charge is 0.319 e. The van der Waals surface area contributed by atoms with Crippen molar-refractivity contribution in [2.24, 2.45) is 0 Å². The molecule has 0 aliphatic carbocycles. The van der Waals surface area contributed by atoms with E-state index in [1.807, 2.05) is 0 Å². The summed E-state index contributed by atoms with van der Waals surface area (Å²) in [6.45, 7) is 5.62. The number of esters is 1. The molecule has 1 aromatic heterocycles. The topological polar surface area (TPSA) is 52.1 Å². The first-order valence-electron chi connectivity index (χ1n) is 4.63. The highest BCUT2D eigenvalue weighted by Gasteiger charge is 2.34. The van der Waals surface area contributed by atoms with Gasteiger partial charge in [0.2, 0.25) is 0 Å². The molecule has 15 heavy (non-hydrogen) atoms. The molecular weight excluding hydrogens is 260 g/mol. The van der Waals surface area contributed by atoms with Crippen molar-refractivity contribution in [3.8, 4) is 0 Å². The van der Waals surface area contributed by atoms with Crippen LogP contribution in [0.1, 0.15) is 26.6 Å². The number of carbonyl (C=O) groups excluding carboxylic acids is 1. The number of aromatic nitrogens is 2. The van der Waals surface area contributed by atoms with Gasteiger partial charge in [-0.2, -0.15) is 0 Å². The molecule has 0 bridgehead atoms. The molecule has 5 heteroatoms. The van der Waals surface area contributed by atoms with Gasteiger partial charge in [0.15, 0.2) is 0 Å². The van der Waals surface area contributed by atoms with Gasteiger partial charge >= 0.3 is 5.97 Å². The van der Waals surface area contributed by atoms with Crippen LogP contribution in [0.2, 0.25) is 0 Å². The summed E-state index contributed by atoms with van der Waals surface area (Å²) in [4.78, 5) is 19.8. The maximum absolute atomic E-state index is 11.6. The third kappa shape index (κ3) is 2.75. The Morgan fingerprint density at radius 3 is 2.47 bits per heavy atom. The third-order valence-electron chi connectivity index (χ3n) is 1.97. The summed E-state index contributed by atoms with van der Waals surface area (Å²) < 4.78 is 5.74. The summed E-state index contributed by atoms with van der Waals surface area (Å²) in [5, 5.41) is 0. The summed E-state index contributed by atoms with van der Waals surface area (Å²) >= 11 is 3.24. The van der Waals surface area contributed by atoms with E-state index in [0.717, 1.165) is 4.47 Å². The van der Waals surface area contributed by atoms with E-state index in [1.165, 1.54) is 0 Å². The van der Waals surface area contributed by atoms with Crippen LogP contribution in [0.15, 0.2) is 16.9 Å². The van der Waals surface area contributed by atoms with Gasteiger partial charge in [-0.05, 0) is 36.7 Å². The minimum Gasteiger partial charge on any atom is -0.465 e. The van der Waals surface area contributed by atoms with Crippen molar-refractivity contribution in [2.45, 2.75) is 26.2 Å². The zero-order chi connectivity index (χ0) is 11.5. The van der Waals surface area contributed by atoms with Crippen molar-refractivity contribution in [1.82, 2.24) is 9.97 Å². The van der Waals surface area contributed by atoms with E-state index in [9.17, 15) is 4.79 Å². The molecule has 0 N–H and O–H groups in total. The van der Waals surface area contributed by atoms with Gasteiger partial charge in [-0.25, -0.2) is 9.97 Å². The Labute approximate surface area is 97.2 Å². The van der Waals surface area contributed by atoms with Crippen molar-refractivity contribution >= 4 is 21.9 Å². The Kier molecular flexibility index (Phi) is 3.79. The molecule has 0 unspecified atom stereocenters. The highest BCUT2D eigenvalue weighted by Crippen LogP contribution is 2.21. The van der Waals surface area contributed by atoms with Gasteiger partial charge in [-0.3, -0.25) is 4.79 Å². The van der Waals surface area contributed by atoms with Crippen LogP contribution in [0, 0.1) is 0 Å². The van der Waals surface area contributed by atoms with Gasteiger partial charge in [-0.15, -0.1) is 0 Å². The number of hydrogen-bond donors (Lipinski definition) is 0. The Balaban J connectivity index is 2.94. The average molecular weight is 273 g/mol. The molecule has 1 aromatic rings. The van der Waals surface area contributed by atoms with E-state index in [2.05, 4.69) is 25.9 Å². The first-order valence-corrected chi connectivity index (χ1v) is 5.43. The fraction of sp³-hybridized carbons (Fsp3) is 0.500. The Bertz CT molecular complexity index is 349. The Morgan fingerprint density at radius 2 is 2.00 bits per heavy atom. The van der Waals surface area contributed by atoms with Crippen LogP contribution >= 0.6 is 15.9 Å². The van der Waals surface area contributed by atoms with Crippen LogP contribution in [0.5, 0.6) is 0 Å². The van der Waals surface area contributed by atoms with E-state index >= 15 is 0 Å². The van der Waals surface area contributed by atoms with E-state index in [0.29, 0.717) is 12.4 Å².